The van der Waals surface area contributed by atoms with Gasteiger partial charge in [-0.15, -0.1) is 0 Å². The van der Waals surface area contributed by atoms with Crippen LogP contribution in [0.4, 0.5) is 8.78 Å². The van der Waals surface area contributed by atoms with E-state index in [1.807, 2.05) is 0 Å². The number of halogens is 2. The Morgan fingerprint density at radius 2 is 1.94 bits per heavy atom. The quantitative estimate of drug-likeness (QED) is 0.385. The lowest BCUT2D eigenvalue weighted by molar-refractivity contribution is -0.331. The van der Waals surface area contributed by atoms with Crippen molar-refractivity contribution < 1.29 is 39.1 Å². The highest BCUT2D eigenvalue weighted by molar-refractivity contribution is 5.03. The van der Waals surface area contributed by atoms with Gasteiger partial charge in [0.15, 0.2) is 0 Å². The fraction of sp³-hybridized carbons (Fsp3) is 1.00. The van der Waals surface area contributed by atoms with Crippen LogP contribution < -0.4 is 0 Å². The van der Waals surface area contributed by atoms with E-state index in [1.54, 1.807) is 0 Å². The monoisotopic (exact) mass is 244 g/mol. The van der Waals surface area contributed by atoms with Crippen molar-refractivity contribution in [1.29, 1.82) is 0 Å². The molecule has 6 nitrogen and oxygen atoms in total. The zero-order valence-electron chi connectivity index (χ0n) is 8.42. The molecule has 0 aliphatic carbocycles. The van der Waals surface area contributed by atoms with Gasteiger partial charge in [0.25, 0.3) is 5.79 Å². The van der Waals surface area contributed by atoms with E-state index in [-0.39, 0.29) is 0 Å². The van der Waals surface area contributed by atoms with Crippen molar-refractivity contribution in [3.8, 4) is 0 Å². The van der Waals surface area contributed by atoms with E-state index in [2.05, 4.69) is 4.74 Å². The van der Waals surface area contributed by atoms with Crippen molar-refractivity contribution in [2.75, 3.05) is 6.61 Å². The highest BCUT2D eigenvalue weighted by Gasteiger charge is 2.65. The minimum absolute atomic E-state index is 0.302. The van der Waals surface area contributed by atoms with Crippen LogP contribution >= 0.6 is 0 Å². The first kappa shape index (κ1) is 13.7. The summed E-state index contributed by atoms with van der Waals surface area (Å²) in [7, 11) is 0. The second kappa shape index (κ2) is 4.13. The number of hydrogen-bond donors (Lipinski definition) is 5. The summed E-state index contributed by atoms with van der Waals surface area (Å²) in [6, 6.07) is 0. The lowest BCUT2D eigenvalue weighted by Gasteiger charge is -2.31. The smallest absolute Gasteiger partial charge is 0.300 e. The van der Waals surface area contributed by atoms with E-state index in [0.717, 1.165) is 0 Å². The minimum atomic E-state index is -3.84. The summed E-state index contributed by atoms with van der Waals surface area (Å²) < 4.78 is 30.4. The number of ether oxygens (including phenoxy) is 1. The molecule has 0 aromatic rings. The normalized spacial score (nSPS) is 42.4. The van der Waals surface area contributed by atoms with Gasteiger partial charge < -0.3 is 30.3 Å². The number of rotatable bonds is 3. The van der Waals surface area contributed by atoms with Crippen LogP contribution in [-0.4, -0.2) is 68.3 Å². The summed E-state index contributed by atoms with van der Waals surface area (Å²) in [4.78, 5) is 0. The fourth-order valence-electron chi connectivity index (χ4n) is 1.53. The molecule has 5 N–H and O–H groups in total. The van der Waals surface area contributed by atoms with E-state index in [4.69, 9.17) is 10.2 Å². The van der Waals surface area contributed by atoms with Gasteiger partial charge in [-0.3, -0.25) is 0 Å². The summed E-state index contributed by atoms with van der Waals surface area (Å²) >= 11 is 0. The fourth-order valence-corrected chi connectivity index (χ4v) is 1.53. The lowest BCUT2D eigenvalue weighted by atomic mass is 9.99. The molecule has 0 amide bonds. The molecular formula is C8H14F2O6. The first-order valence-corrected chi connectivity index (χ1v) is 4.58. The first-order chi connectivity index (χ1) is 7.15. The minimum Gasteiger partial charge on any atom is -0.394 e. The standard InChI is InChI=1S/C8H14F2O6/c1-7(9,10)8(15)6(14)4(13)5(16-8)3(12)2-11/h3-6,11-15H,2H2,1H3/t3?,4-,5-,6+,8+/m0/s1. The molecule has 1 aliphatic heterocycles. The molecule has 0 saturated carbocycles. The predicted octanol–water partition coefficient (Wildman–Crippen LogP) is -2.20. The highest BCUT2D eigenvalue weighted by Crippen LogP contribution is 2.41. The largest absolute Gasteiger partial charge is 0.394 e. The van der Waals surface area contributed by atoms with Gasteiger partial charge in [0.05, 0.1) is 6.61 Å². The molecular weight excluding hydrogens is 230 g/mol. The van der Waals surface area contributed by atoms with Crippen LogP contribution in [0, 0.1) is 0 Å². The molecule has 1 heterocycles. The van der Waals surface area contributed by atoms with Gasteiger partial charge in [-0.2, -0.15) is 0 Å². The van der Waals surface area contributed by atoms with Gasteiger partial charge in [-0.1, -0.05) is 0 Å². The molecule has 1 fully saturated rings. The average molecular weight is 244 g/mol. The molecule has 0 spiro atoms. The van der Waals surface area contributed by atoms with Crippen LogP contribution in [0.3, 0.4) is 0 Å². The number of aliphatic hydroxyl groups excluding tert-OH is 4. The van der Waals surface area contributed by atoms with E-state index in [1.165, 1.54) is 0 Å². The molecule has 1 aliphatic rings. The number of aliphatic hydroxyl groups is 5. The SMILES string of the molecule is CC(F)(F)[C@]1(O)O[C@@H](C(O)CO)[C@H](O)[C@H]1O. The van der Waals surface area contributed by atoms with Gasteiger partial charge in [0, 0.05) is 6.92 Å². The Morgan fingerprint density at radius 1 is 1.44 bits per heavy atom. The van der Waals surface area contributed by atoms with Crippen molar-refractivity contribution in [2.24, 2.45) is 0 Å². The van der Waals surface area contributed by atoms with E-state index < -0.39 is 42.7 Å². The van der Waals surface area contributed by atoms with Gasteiger partial charge >= 0.3 is 5.92 Å². The summed E-state index contributed by atoms with van der Waals surface area (Å²) in [5.74, 6) is -7.12. The van der Waals surface area contributed by atoms with E-state index in [9.17, 15) is 24.1 Å². The molecule has 1 saturated heterocycles. The number of hydrogen-bond acceptors (Lipinski definition) is 6. The molecule has 1 unspecified atom stereocenters. The van der Waals surface area contributed by atoms with Crippen molar-refractivity contribution >= 4 is 0 Å². The topological polar surface area (TPSA) is 110 Å². The van der Waals surface area contributed by atoms with Crippen LogP contribution in [0.15, 0.2) is 0 Å². The number of alkyl halides is 2. The molecule has 0 aromatic heterocycles. The van der Waals surface area contributed by atoms with Gasteiger partial charge in [-0.25, -0.2) is 8.78 Å². The van der Waals surface area contributed by atoms with Crippen LogP contribution in [-0.2, 0) is 4.74 Å². The Morgan fingerprint density at radius 3 is 2.25 bits per heavy atom. The lowest BCUT2D eigenvalue weighted by Crippen LogP contribution is -2.55. The second-order valence-electron chi connectivity index (χ2n) is 3.85. The van der Waals surface area contributed by atoms with E-state index >= 15 is 0 Å². The maximum Gasteiger partial charge on any atom is 0.300 e. The van der Waals surface area contributed by atoms with Crippen molar-refractivity contribution in [3.63, 3.8) is 0 Å². The van der Waals surface area contributed by atoms with Gasteiger partial charge in [0.1, 0.15) is 24.4 Å². The summed E-state index contributed by atoms with van der Waals surface area (Å²) in [6.07, 6.45) is -7.56. The maximum atomic E-state index is 13.0. The Kier molecular flexibility index (Phi) is 3.53. The molecule has 8 heteroatoms. The average Bonchev–Trinajstić information content (AvgIpc) is 2.42. The predicted molar refractivity (Wildman–Crippen MR) is 45.6 cm³/mol. The third kappa shape index (κ3) is 1.92. The Labute approximate surface area is 89.7 Å². The van der Waals surface area contributed by atoms with Gasteiger partial charge in [-0.05, 0) is 0 Å². The highest BCUT2D eigenvalue weighted by atomic mass is 19.3. The zero-order chi connectivity index (χ0) is 12.7. The molecule has 0 aromatic carbocycles. The Hall–Kier alpha value is -0.380. The summed E-state index contributed by atoms with van der Waals surface area (Å²) in [6.45, 7) is -0.559. The molecule has 0 bridgehead atoms. The second-order valence-corrected chi connectivity index (χ2v) is 3.85. The Bertz CT molecular complexity index is 257. The van der Waals surface area contributed by atoms with Crippen molar-refractivity contribution in [2.45, 2.75) is 43.0 Å². The summed E-state index contributed by atoms with van der Waals surface area (Å²) in [5.41, 5.74) is 0. The van der Waals surface area contributed by atoms with Crippen LogP contribution in [0.5, 0.6) is 0 Å². The maximum absolute atomic E-state index is 13.0. The molecule has 1 rings (SSSR count). The third-order valence-electron chi connectivity index (χ3n) is 2.57. The zero-order valence-corrected chi connectivity index (χ0v) is 8.42. The van der Waals surface area contributed by atoms with Gasteiger partial charge in [0.2, 0.25) is 0 Å². The molecule has 16 heavy (non-hydrogen) atoms. The van der Waals surface area contributed by atoms with Crippen LogP contribution in [0.1, 0.15) is 6.92 Å². The third-order valence-corrected chi connectivity index (χ3v) is 2.57. The molecule has 5 atom stereocenters. The van der Waals surface area contributed by atoms with Crippen LogP contribution in [0.2, 0.25) is 0 Å². The van der Waals surface area contributed by atoms with Crippen molar-refractivity contribution in [1.82, 2.24) is 0 Å². The summed E-state index contributed by atoms with van der Waals surface area (Å²) in [5, 5.41) is 45.7. The van der Waals surface area contributed by atoms with Crippen molar-refractivity contribution in [3.05, 3.63) is 0 Å². The molecule has 0 radical (unpaired) electrons. The molecule has 96 valence electrons. The first-order valence-electron chi connectivity index (χ1n) is 4.58. The van der Waals surface area contributed by atoms with E-state index in [0.29, 0.717) is 6.92 Å². The Balaban J connectivity index is 2.95. The van der Waals surface area contributed by atoms with Crippen LogP contribution in [0.25, 0.3) is 0 Å².